The van der Waals surface area contributed by atoms with E-state index in [1.54, 1.807) is 6.21 Å². The van der Waals surface area contributed by atoms with E-state index < -0.39 is 0 Å². The van der Waals surface area contributed by atoms with E-state index in [1.807, 2.05) is 35.7 Å². The number of unbranched alkanes of at least 4 members (excludes halogenated alkanes) is 1. The summed E-state index contributed by atoms with van der Waals surface area (Å²) < 4.78 is 5.84. The van der Waals surface area contributed by atoms with Crippen molar-refractivity contribution in [3.63, 3.8) is 0 Å². The van der Waals surface area contributed by atoms with Crippen molar-refractivity contribution in [2.24, 2.45) is 5.10 Å². The first-order valence-electron chi connectivity index (χ1n) is 8.79. The Morgan fingerprint density at radius 2 is 2.04 bits per heavy atom. The number of nitrogens with one attached hydrogen (secondary N) is 1. The van der Waals surface area contributed by atoms with E-state index in [0.717, 1.165) is 52.7 Å². The van der Waals surface area contributed by atoms with Gasteiger partial charge in [-0.25, -0.2) is 4.98 Å². The maximum Gasteiger partial charge on any atom is 0.203 e. The highest BCUT2D eigenvalue weighted by Crippen LogP contribution is 2.24. The van der Waals surface area contributed by atoms with Crippen LogP contribution >= 0.6 is 11.3 Å². The second-order valence-corrected chi connectivity index (χ2v) is 6.86. The van der Waals surface area contributed by atoms with Crippen LogP contribution in [-0.4, -0.2) is 17.8 Å². The first-order chi connectivity index (χ1) is 12.8. The van der Waals surface area contributed by atoms with E-state index in [0.29, 0.717) is 0 Å². The number of thiazole rings is 1. The lowest BCUT2D eigenvalue weighted by atomic mass is 10.1. The third-order valence-electron chi connectivity index (χ3n) is 3.92. The smallest absolute Gasteiger partial charge is 0.203 e. The van der Waals surface area contributed by atoms with Gasteiger partial charge in [0, 0.05) is 10.9 Å². The molecule has 1 N–H and O–H groups in total. The van der Waals surface area contributed by atoms with Gasteiger partial charge in [-0.2, -0.15) is 5.10 Å². The van der Waals surface area contributed by atoms with Crippen LogP contribution in [-0.2, 0) is 0 Å². The van der Waals surface area contributed by atoms with Gasteiger partial charge < -0.3 is 4.74 Å². The maximum atomic E-state index is 5.84. The largest absolute Gasteiger partial charge is 0.493 e. The van der Waals surface area contributed by atoms with Crippen molar-refractivity contribution < 1.29 is 4.74 Å². The number of aryl methyl sites for hydroxylation is 1. The minimum Gasteiger partial charge on any atom is -0.493 e. The Labute approximate surface area is 158 Å². The molecule has 3 rings (SSSR count). The molecule has 0 bridgehead atoms. The minimum atomic E-state index is 0.748. The molecular weight excluding hydrogens is 342 g/mol. The summed E-state index contributed by atoms with van der Waals surface area (Å²) in [6.07, 6.45) is 3.98. The fourth-order valence-corrected chi connectivity index (χ4v) is 3.08. The lowest BCUT2D eigenvalue weighted by Crippen LogP contribution is -1.99. The second kappa shape index (κ2) is 9.15. The average Bonchev–Trinajstić information content (AvgIpc) is 3.14. The van der Waals surface area contributed by atoms with Crippen molar-refractivity contribution in [2.75, 3.05) is 12.0 Å². The molecule has 0 amide bonds. The summed E-state index contributed by atoms with van der Waals surface area (Å²) in [4.78, 5) is 4.56. The highest BCUT2D eigenvalue weighted by Gasteiger charge is 2.03. The molecule has 1 heterocycles. The zero-order valence-electron chi connectivity index (χ0n) is 15.1. The van der Waals surface area contributed by atoms with Crippen molar-refractivity contribution in [1.29, 1.82) is 0 Å². The van der Waals surface area contributed by atoms with Gasteiger partial charge in [0.2, 0.25) is 5.13 Å². The topological polar surface area (TPSA) is 46.5 Å². The monoisotopic (exact) mass is 365 g/mol. The lowest BCUT2D eigenvalue weighted by molar-refractivity contribution is 0.307. The van der Waals surface area contributed by atoms with E-state index >= 15 is 0 Å². The second-order valence-electron chi connectivity index (χ2n) is 6.00. The van der Waals surface area contributed by atoms with Crippen LogP contribution < -0.4 is 10.2 Å². The molecule has 0 saturated heterocycles. The van der Waals surface area contributed by atoms with Gasteiger partial charge in [-0.15, -0.1) is 11.3 Å². The van der Waals surface area contributed by atoms with Crippen molar-refractivity contribution in [1.82, 2.24) is 4.98 Å². The van der Waals surface area contributed by atoms with Crippen molar-refractivity contribution >= 4 is 22.7 Å². The van der Waals surface area contributed by atoms with Crippen LogP contribution in [0.25, 0.3) is 11.3 Å². The summed E-state index contributed by atoms with van der Waals surface area (Å²) in [7, 11) is 0. The highest BCUT2D eigenvalue weighted by atomic mass is 32.1. The molecule has 0 atom stereocenters. The molecule has 5 heteroatoms. The Bertz CT molecular complexity index is 859. The number of aromatic nitrogens is 1. The Morgan fingerprint density at radius 1 is 1.19 bits per heavy atom. The number of hydrogen-bond acceptors (Lipinski definition) is 5. The van der Waals surface area contributed by atoms with Crippen LogP contribution in [0.5, 0.6) is 5.75 Å². The molecule has 26 heavy (non-hydrogen) atoms. The molecule has 3 aromatic rings. The number of anilines is 1. The number of rotatable bonds is 8. The lowest BCUT2D eigenvalue weighted by Gasteiger charge is -2.09. The van der Waals surface area contributed by atoms with Crippen LogP contribution in [0.15, 0.2) is 59.0 Å². The first-order valence-corrected chi connectivity index (χ1v) is 9.67. The zero-order chi connectivity index (χ0) is 18.2. The number of hydrogen-bond donors (Lipinski definition) is 1. The molecule has 0 spiro atoms. The standard InChI is InChI=1S/C21H23N3OS/c1-3-4-12-25-20-13-17(11-10-16(20)2)14-22-24-21-23-19(15-26-21)18-8-6-5-7-9-18/h5-11,13-15H,3-4,12H2,1-2H3,(H,23,24). The number of ether oxygens (including phenoxy) is 1. The molecule has 0 aliphatic rings. The van der Waals surface area contributed by atoms with Gasteiger partial charge in [0.25, 0.3) is 0 Å². The quantitative estimate of drug-likeness (QED) is 0.314. The number of nitrogens with zero attached hydrogens (tertiary/aromatic N) is 2. The maximum absolute atomic E-state index is 5.84. The molecule has 134 valence electrons. The summed E-state index contributed by atoms with van der Waals surface area (Å²) in [5, 5.41) is 7.10. The van der Waals surface area contributed by atoms with Gasteiger partial charge in [0.05, 0.1) is 18.5 Å². The van der Waals surface area contributed by atoms with Gasteiger partial charge in [-0.3, -0.25) is 5.43 Å². The third kappa shape index (κ3) is 4.92. The number of hydrazone groups is 1. The fraction of sp³-hybridized carbons (Fsp3) is 0.238. The summed E-state index contributed by atoms with van der Waals surface area (Å²) >= 11 is 1.54. The summed E-state index contributed by atoms with van der Waals surface area (Å²) in [5.41, 5.74) is 7.20. The van der Waals surface area contributed by atoms with Crippen LogP contribution in [0.1, 0.15) is 30.9 Å². The fourth-order valence-electron chi connectivity index (χ4n) is 2.41. The molecule has 0 radical (unpaired) electrons. The van der Waals surface area contributed by atoms with Crippen LogP contribution in [0.2, 0.25) is 0 Å². The molecule has 1 aromatic heterocycles. The zero-order valence-corrected chi connectivity index (χ0v) is 15.9. The summed E-state index contributed by atoms with van der Waals surface area (Å²) in [6, 6.07) is 16.2. The highest BCUT2D eigenvalue weighted by molar-refractivity contribution is 7.14. The normalized spacial score (nSPS) is 11.0. The Hall–Kier alpha value is -2.66. The van der Waals surface area contributed by atoms with E-state index in [4.69, 9.17) is 4.74 Å². The van der Waals surface area contributed by atoms with Crippen molar-refractivity contribution in [3.05, 3.63) is 65.0 Å². The van der Waals surface area contributed by atoms with E-state index in [-0.39, 0.29) is 0 Å². The SMILES string of the molecule is CCCCOc1cc(C=NNc2nc(-c3ccccc3)cs2)ccc1C. The molecule has 4 nitrogen and oxygen atoms in total. The minimum absolute atomic E-state index is 0.748. The molecule has 0 fully saturated rings. The van der Waals surface area contributed by atoms with Crippen molar-refractivity contribution in [3.8, 4) is 17.0 Å². The number of benzene rings is 2. The van der Waals surface area contributed by atoms with Crippen LogP contribution in [0.4, 0.5) is 5.13 Å². The Morgan fingerprint density at radius 3 is 2.85 bits per heavy atom. The molecule has 0 aliphatic carbocycles. The predicted octanol–water partition coefficient (Wildman–Crippen LogP) is 5.74. The summed E-state index contributed by atoms with van der Waals surface area (Å²) in [6.45, 7) is 4.96. The van der Waals surface area contributed by atoms with Crippen molar-refractivity contribution in [2.45, 2.75) is 26.7 Å². The average molecular weight is 366 g/mol. The first kappa shape index (κ1) is 18.1. The van der Waals surface area contributed by atoms with Gasteiger partial charge in [-0.1, -0.05) is 55.8 Å². The van der Waals surface area contributed by atoms with Gasteiger partial charge in [-0.05, 0) is 30.5 Å². The summed E-state index contributed by atoms with van der Waals surface area (Å²) in [5.74, 6) is 0.919. The van der Waals surface area contributed by atoms with E-state index in [2.05, 4.69) is 47.6 Å². The predicted molar refractivity (Wildman–Crippen MR) is 110 cm³/mol. The third-order valence-corrected chi connectivity index (χ3v) is 4.66. The van der Waals surface area contributed by atoms with Crippen LogP contribution in [0, 0.1) is 6.92 Å². The molecule has 0 unspecified atom stereocenters. The molecular formula is C21H23N3OS. The van der Waals surface area contributed by atoms with E-state index in [1.165, 1.54) is 11.3 Å². The van der Waals surface area contributed by atoms with Crippen LogP contribution in [0.3, 0.4) is 0 Å². The molecule has 0 saturated carbocycles. The van der Waals surface area contributed by atoms with Gasteiger partial charge >= 0.3 is 0 Å². The molecule has 0 aliphatic heterocycles. The Kier molecular flexibility index (Phi) is 6.39. The Balaban J connectivity index is 1.62. The van der Waals surface area contributed by atoms with Gasteiger partial charge in [0.15, 0.2) is 0 Å². The van der Waals surface area contributed by atoms with E-state index in [9.17, 15) is 0 Å². The van der Waals surface area contributed by atoms with Gasteiger partial charge in [0.1, 0.15) is 5.75 Å². The molecule has 2 aromatic carbocycles.